The van der Waals surface area contributed by atoms with E-state index in [-0.39, 0.29) is 0 Å². The third kappa shape index (κ3) is 3.46. The minimum atomic E-state index is 0.309. The van der Waals surface area contributed by atoms with Gasteiger partial charge in [-0.3, -0.25) is 4.90 Å². The molecule has 0 aromatic heterocycles. The number of hydrogen-bond acceptors (Lipinski definition) is 3. The van der Waals surface area contributed by atoms with Crippen LogP contribution >= 0.6 is 0 Å². The van der Waals surface area contributed by atoms with Gasteiger partial charge in [-0.2, -0.15) is 0 Å². The van der Waals surface area contributed by atoms with Gasteiger partial charge in [0.2, 0.25) is 0 Å². The van der Waals surface area contributed by atoms with E-state index < -0.39 is 0 Å². The molecule has 0 aromatic carbocycles. The van der Waals surface area contributed by atoms with Crippen molar-refractivity contribution >= 4 is 0 Å². The third-order valence-corrected chi connectivity index (χ3v) is 5.06. The Morgan fingerprint density at radius 2 is 2.00 bits per heavy atom. The van der Waals surface area contributed by atoms with E-state index in [4.69, 9.17) is 0 Å². The molecule has 106 valence electrons. The standard InChI is InChI=1S/C15H30N2O/c1-12-6-7-15(16-2)13(10-12)11-17(8-9-18)14-4-3-5-14/h12-16,18H,3-11H2,1-2H3. The van der Waals surface area contributed by atoms with Crippen LogP contribution in [-0.2, 0) is 0 Å². The predicted octanol–water partition coefficient (Wildman–Crippen LogP) is 1.86. The van der Waals surface area contributed by atoms with Crippen LogP contribution < -0.4 is 5.32 Å². The first-order valence-electron chi connectivity index (χ1n) is 7.76. The summed E-state index contributed by atoms with van der Waals surface area (Å²) in [5.41, 5.74) is 0. The molecule has 0 aromatic rings. The van der Waals surface area contributed by atoms with Crippen LogP contribution in [0, 0.1) is 11.8 Å². The zero-order chi connectivity index (χ0) is 13.0. The lowest BCUT2D eigenvalue weighted by Crippen LogP contribution is -2.49. The topological polar surface area (TPSA) is 35.5 Å². The minimum Gasteiger partial charge on any atom is -0.395 e. The highest BCUT2D eigenvalue weighted by Crippen LogP contribution is 2.32. The molecule has 2 aliphatic rings. The molecule has 2 aliphatic carbocycles. The second-order valence-corrected chi connectivity index (χ2v) is 6.38. The molecule has 3 atom stereocenters. The number of aliphatic hydroxyl groups is 1. The van der Waals surface area contributed by atoms with Crippen LogP contribution in [-0.4, -0.2) is 48.8 Å². The highest BCUT2D eigenvalue weighted by Gasteiger charge is 2.32. The maximum absolute atomic E-state index is 9.25. The third-order valence-electron chi connectivity index (χ3n) is 5.06. The van der Waals surface area contributed by atoms with Gasteiger partial charge in [-0.25, -0.2) is 0 Å². The van der Waals surface area contributed by atoms with Crippen molar-refractivity contribution in [1.29, 1.82) is 0 Å². The van der Waals surface area contributed by atoms with Gasteiger partial charge < -0.3 is 10.4 Å². The van der Waals surface area contributed by atoms with Gasteiger partial charge in [-0.15, -0.1) is 0 Å². The van der Waals surface area contributed by atoms with E-state index in [9.17, 15) is 5.11 Å². The van der Waals surface area contributed by atoms with Crippen LogP contribution in [0.5, 0.6) is 0 Å². The quantitative estimate of drug-likeness (QED) is 0.759. The van der Waals surface area contributed by atoms with Crippen molar-refractivity contribution in [3.05, 3.63) is 0 Å². The first-order valence-corrected chi connectivity index (χ1v) is 7.76. The minimum absolute atomic E-state index is 0.309. The van der Waals surface area contributed by atoms with Gasteiger partial charge in [0.05, 0.1) is 6.61 Å². The first-order chi connectivity index (χ1) is 8.74. The molecule has 2 saturated carbocycles. The Morgan fingerprint density at radius 1 is 1.22 bits per heavy atom. The van der Waals surface area contributed by atoms with Crippen LogP contribution in [0.1, 0.15) is 45.4 Å². The highest BCUT2D eigenvalue weighted by molar-refractivity contribution is 4.88. The van der Waals surface area contributed by atoms with Crippen molar-refractivity contribution in [1.82, 2.24) is 10.2 Å². The molecule has 0 aliphatic heterocycles. The summed E-state index contributed by atoms with van der Waals surface area (Å²) in [4.78, 5) is 2.55. The van der Waals surface area contributed by atoms with E-state index >= 15 is 0 Å². The Morgan fingerprint density at radius 3 is 2.56 bits per heavy atom. The smallest absolute Gasteiger partial charge is 0.0558 e. The summed E-state index contributed by atoms with van der Waals surface area (Å²) in [6.45, 7) is 4.74. The fraction of sp³-hybridized carbons (Fsp3) is 1.00. The predicted molar refractivity (Wildman–Crippen MR) is 75.7 cm³/mol. The van der Waals surface area contributed by atoms with Crippen LogP contribution in [0.4, 0.5) is 0 Å². The second-order valence-electron chi connectivity index (χ2n) is 6.38. The Kier molecular flexibility index (Phi) is 5.46. The average Bonchev–Trinajstić information content (AvgIpc) is 2.27. The average molecular weight is 254 g/mol. The molecule has 18 heavy (non-hydrogen) atoms. The van der Waals surface area contributed by atoms with Gasteiger partial charge in [0.1, 0.15) is 0 Å². The fourth-order valence-corrected chi connectivity index (χ4v) is 3.68. The summed E-state index contributed by atoms with van der Waals surface area (Å²) in [6.07, 6.45) is 8.09. The van der Waals surface area contributed by atoms with E-state index in [2.05, 4.69) is 24.2 Å². The molecule has 3 nitrogen and oxygen atoms in total. The molecule has 3 heteroatoms. The Balaban J connectivity index is 1.90. The monoisotopic (exact) mass is 254 g/mol. The molecular formula is C15H30N2O. The van der Waals surface area contributed by atoms with Gasteiger partial charge in [0, 0.05) is 25.2 Å². The second kappa shape index (κ2) is 6.88. The van der Waals surface area contributed by atoms with Gasteiger partial charge in [0.15, 0.2) is 0 Å². The summed E-state index contributed by atoms with van der Waals surface area (Å²) in [5.74, 6) is 1.64. The SMILES string of the molecule is CNC1CCC(C)CC1CN(CCO)C1CCC1. The molecule has 0 amide bonds. The summed E-state index contributed by atoms with van der Waals surface area (Å²) >= 11 is 0. The van der Waals surface area contributed by atoms with E-state index in [1.165, 1.54) is 45.1 Å². The van der Waals surface area contributed by atoms with E-state index in [1.54, 1.807) is 0 Å². The van der Waals surface area contributed by atoms with Crippen LogP contribution in [0.3, 0.4) is 0 Å². The molecule has 0 heterocycles. The van der Waals surface area contributed by atoms with E-state index in [1.807, 2.05) is 0 Å². The largest absolute Gasteiger partial charge is 0.395 e. The van der Waals surface area contributed by atoms with Crippen molar-refractivity contribution in [3.8, 4) is 0 Å². The lowest BCUT2D eigenvalue weighted by Gasteiger charge is -2.43. The number of hydrogen-bond donors (Lipinski definition) is 2. The normalized spacial score (nSPS) is 33.7. The molecule has 2 rings (SSSR count). The zero-order valence-electron chi connectivity index (χ0n) is 12.1. The molecule has 0 saturated heterocycles. The maximum atomic E-state index is 9.25. The number of aliphatic hydroxyl groups excluding tert-OH is 1. The van der Waals surface area contributed by atoms with Crippen LogP contribution in [0.15, 0.2) is 0 Å². The summed E-state index contributed by atoms with van der Waals surface area (Å²) in [6, 6.07) is 1.44. The molecule has 0 bridgehead atoms. The van der Waals surface area contributed by atoms with Crippen LogP contribution in [0.25, 0.3) is 0 Å². The lowest BCUT2D eigenvalue weighted by molar-refractivity contribution is 0.0631. The summed E-state index contributed by atoms with van der Waals surface area (Å²) < 4.78 is 0. The molecule has 3 unspecified atom stereocenters. The van der Waals surface area contributed by atoms with E-state index in [0.717, 1.165) is 24.4 Å². The molecule has 2 N–H and O–H groups in total. The molecule has 0 radical (unpaired) electrons. The lowest BCUT2D eigenvalue weighted by atomic mass is 9.78. The van der Waals surface area contributed by atoms with Crippen molar-refractivity contribution < 1.29 is 5.11 Å². The van der Waals surface area contributed by atoms with Gasteiger partial charge in [-0.05, 0) is 51.0 Å². The Hall–Kier alpha value is -0.120. The molecule has 0 spiro atoms. The number of nitrogens with zero attached hydrogens (tertiary/aromatic N) is 1. The van der Waals surface area contributed by atoms with Gasteiger partial charge in [-0.1, -0.05) is 13.3 Å². The summed E-state index contributed by atoms with van der Waals surface area (Å²) in [5, 5.41) is 12.8. The zero-order valence-corrected chi connectivity index (χ0v) is 12.1. The van der Waals surface area contributed by atoms with E-state index in [0.29, 0.717) is 12.6 Å². The van der Waals surface area contributed by atoms with Crippen LogP contribution in [0.2, 0.25) is 0 Å². The fourth-order valence-electron chi connectivity index (χ4n) is 3.68. The van der Waals surface area contributed by atoms with Crippen molar-refractivity contribution in [2.24, 2.45) is 11.8 Å². The number of rotatable bonds is 6. The first kappa shape index (κ1) is 14.3. The highest BCUT2D eigenvalue weighted by atomic mass is 16.3. The van der Waals surface area contributed by atoms with Crippen molar-refractivity contribution in [3.63, 3.8) is 0 Å². The van der Waals surface area contributed by atoms with Crippen molar-refractivity contribution in [2.45, 2.75) is 57.5 Å². The van der Waals surface area contributed by atoms with Gasteiger partial charge in [0.25, 0.3) is 0 Å². The summed E-state index contributed by atoms with van der Waals surface area (Å²) in [7, 11) is 2.10. The number of nitrogens with one attached hydrogen (secondary N) is 1. The van der Waals surface area contributed by atoms with Crippen molar-refractivity contribution in [2.75, 3.05) is 26.7 Å². The molecular weight excluding hydrogens is 224 g/mol. The molecule has 2 fully saturated rings. The maximum Gasteiger partial charge on any atom is 0.0558 e. The Labute approximate surface area is 112 Å². The van der Waals surface area contributed by atoms with Gasteiger partial charge >= 0.3 is 0 Å². The Bertz CT molecular complexity index is 243.